The van der Waals surface area contributed by atoms with Gasteiger partial charge >= 0.3 is 12.1 Å². The lowest BCUT2D eigenvalue weighted by Crippen LogP contribution is -2.45. The van der Waals surface area contributed by atoms with Crippen LogP contribution in [0.5, 0.6) is 0 Å². The third kappa shape index (κ3) is 2.25. The van der Waals surface area contributed by atoms with E-state index in [1.807, 2.05) is 0 Å². The van der Waals surface area contributed by atoms with Gasteiger partial charge in [0.2, 0.25) is 0 Å². The maximum atomic E-state index is 12.9. The van der Waals surface area contributed by atoms with Gasteiger partial charge in [0, 0.05) is 12.4 Å². The summed E-state index contributed by atoms with van der Waals surface area (Å²) in [7, 11) is 0. The van der Waals surface area contributed by atoms with Gasteiger partial charge in [-0.25, -0.2) is 0 Å². The van der Waals surface area contributed by atoms with E-state index in [9.17, 15) is 22.0 Å². The molecule has 16 heavy (non-hydrogen) atoms. The topological polar surface area (TPSA) is 38.9 Å². The van der Waals surface area contributed by atoms with Crippen LogP contribution in [0.1, 0.15) is 11.6 Å². The zero-order chi connectivity index (χ0) is 12.6. The van der Waals surface area contributed by atoms with Crippen LogP contribution in [0.25, 0.3) is 0 Å². The van der Waals surface area contributed by atoms with Gasteiger partial charge < -0.3 is 5.73 Å². The summed E-state index contributed by atoms with van der Waals surface area (Å²) < 4.78 is 61.8. The van der Waals surface area contributed by atoms with Crippen molar-refractivity contribution in [2.45, 2.75) is 18.1 Å². The first-order chi connectivity index (χ1) is 7.18. The molecule has 0 saturated heterocycles. The van der Waals surface area contributed by atoms with E-state index in [2.05, 4.69) is 4.98 Å². The highest BCUT2D eigenvalue weighted by Crippen LogP contribution is 2.44. The maximum Gasteiger partial charge on any atom is 0.455 e. The lowest BCUT2D eigenvalue weighted by molar-refractivity contribution is -0.290. The third-order valence-corrected chi connectivity index (χ3v) is 2.22. The van der Waals surface area contributed by atoms with Crippen molar-refractivity contribution >= 4 is 11.6 Å². The quantitative estimate of drug-likeness (QED) is 0.831. The van der Waals surface area contributed by atoms with Crippen LogP contribution in [-0.2, 0) is 0 Å². The van der Waals surface area contributed by atoms with E-state index in [4.69, 9.17) is 17.3 Å². The molecule has 0 spiro atoms. The second kappa shape index (κ2) is 4.14. The number of pyridine rings is 1. The SMILES string of the molecule is N[C@@H](c1ccncc1Cl)C(F)(F)C(F)(F)F. The summed E-state index contributed by atoms with van der Waals surface area (Å²) in [6, 6.07) is -1.63. The second-order valence-corrected chi connectivity index (χ2v) is 3.40. The van der Waals surface area contributed by atoms with Gasteiger partial charge in [-0.05, 0) is 11.6 Å². The van der Waals surface area contributed by atoms with Crippen molar-refractivity contribution in [2.75, 3.05) is 0 Å². The minimum absolute atomic E-state index is 0.334. The zero-order valence-corrected chi connectivity index (χ0v) is 8.36. The van der Waals surface area contributed by atoms with Crippen molar-refractivity contribution in [3.05, 3.63) is 29.0 Å². The number of alkyl halides is 5. The van der Waals surface area contributed by atoms with Crippen LogP contribution >= 0.6 is 11.6 Å². The highest BCUT2D eigenvalue weighted by atomic mass is 35.5. The Hall–Kier alpha value is -0.950. The van der Waals surface area contributed by atoms with Crippen molar-refractivity contribution in [1.29, 1.82) is 0 Å². The minimum Gasteiger partial charge on any atom is -0.319 e. The number of halogens is 6. The molecule has 1 atom stereocenters. The molecule has 90 valence electrons. The first-order valence-corrected chi connectivity index (χ1v) is 4.35. The highest BCUT2D eigenvalue weighted by molar-refractivity contribution is 6.31. The zero-order valence-electron chi connectivity index (χ0n) is 7.60. The Morgan fingerprint density at radius 1 is 1.25 bits per heavy atom. The van der Waals surface area contributed by atoms with Crippen LogP contribution in [0.4, 0.5) is 22.0 Å². The van der Waals surface area contributed by atoms with Crippen molar-refractivity contribution in [2.24, 2.45) is 5.73 Å². The van der Waals surface area contributed by atoms with Crippen molar-refractivity contribution < 1.29 is 22.0 Å². The second-order valence-electron chi connectivity index (χ2n) is 3.00. The molecule has 0 aliphatic heterocycles. The molecule has 0 unspecified atom stereocenters. The van der Waals surface area contributed by atoms with Gasteiger partial charge in [0.15, 0.2) is 0 Å². The largest absolute Gasteiger partial charge is 0.455 e. The first kappa shape index (κ1) is 13.1. The summed E-state index contributed by atoms with van der Waals surface area (Å²) >= 11 is 5.43. The Bertz CT molecular complexity index is 379. The highest BCUT2D eigenvalue weighted by Gasteiger charge is 2.62. The molecule has 0 aliphatic carbocycles. The average molecular weight is 261 g/mol. The van der Waals surface area contributed by atoms with Gasteiger partial charge in [-0.1, -0.05) is 11.6 Å². The molecule has 2 N–H and O–H groups in total. The molecule has 8 heteroatoms. The van der Waals surface area contributed by atoms with E-state index >= 15 is 0 Å². The fourth-order valence-corrected chi connectivity index (χ4v) is 1.25. The average Bonchev–Trinajstić information content (AvgIpc) is 2.15. The molecule has 0 radical (unpaired) electrons. The van der Waals surface area contributed by atoms with E-state index in [1.54, 1.807) is 0 Å². The van der Waals surface area contributed by atoms with Crippen molar-refractivity contribution in [3.63, 3.8) is 0 Å². The normalized spacial score (nSPS) is 14.9. The molecule has 0 saturated carbocycles. The van der Waals surface area contributed by atoms with E-state index in [1.165, 1.54) is 0 Å². The Kier molecular flexibility index (Phi) is 3.39. The van der Waals surface area contributed by atoms with Gasteiger partial charge in [0.05, 0.1) is 5.02 Å². The molecule has 0 amide bonds. The van der Waals surface area contributed by atoms with Crippen LogP contribution < -0.4 is 5.73 Å². The predicted molar refractivity (Wildman–Crippen MR) is 47.2 cm³/mol. The van der Waals surface area contributed by atoms with Gasteiger partial charge in [-0.3, -0.25) is 4.98 Å². The monoisotopic (exact) mass is 260 g/mol. The molecular weight excluding hydrogens is 255 g/mol. The van der Waals surface area contributed by atoms with Gasteiger partial charge in [0.1, 0.15) is 6.04 Å². The van der Waals surface area contributed by atoms with Crippen LogP contribution in [0.2, 0.25) is 5.02 Å². The molecule has 0 fully saturated rings. The molecule has 1 heterocycles. The summed E-state index contributed by atoms with van der Waals surface area (Å²) in [5.74, 6) is -5.04. The van der Waals surface area contributed by atoms with E-state index < -0.39 is 23.7 Å². The molecule has 0 bridgehead atoms. The van der Waals surface area contributed by atoms with Gasteiger partial charge in [-0.15, -0.1) is 0 Å². The number of nitrogens with zero attached hydrogens (tertiary/aromatic N) is 1. The van der Waals surface area contributed by atoms with Crippen LogP contribution in [-0.4, -0.2) is 17.1 Å². The maximum absolute atomic E-state index is 12.9. The number of hydrogen-bond donors (Lipinski definition) is 1. The molecular formula is C8H6ClF5N2. The Balaban J connectivity index is 3.12. The number of rotatable bonds is 2. The van der Waals surface area contributed by atoms with Gasteiger partial charge in [-0.2, -0.15) is 22.0 Å². The number of hydrogen-bond acceptors (Lipinski definition) is 2. The molecule has 1 rings (SSSR count). The summed E-state index contributed by atoms with van der Waals surface area (Å²) in [6.45, 7) is 0. The van der Waals surface area contributed by atoms with E-state index in [-0.39, 0.29) is 5.02 Å². The fourth-order valence-electron chi connectivity index (χ4n) is 1.01. The molecule has 1 aromatic rings. The standard InChI is InChI=1S/C8H6ClF5N2/c9-5-3-16-2-1-4(5)6(15)7(10,11)8(12,13)14/h1-3,6H,15H2/t6-/m0/s1. The van der Waals surface area contributed by atoms with E-state index in [0.29, 0.717) is 0 Å². The lowest BCUT2D eigenvalue weighted by atomic mass is 10.0. The smallest absolute Gasteiger partial charge is 0.319 e. The van der Waals surface area contributed by atoms with E-state index in [0.717, 1.165) is 18.5 Å². The first-order valence-electron chi connectivity index (χ1n) is 3.97. The summed E-state index contributed by atoms with van der Waals surface area (Å²) in [4.78, 5) is 3.46. The predicted octanol–water partition coefficient (Wildman–Crippen LogP) is 2.93. The Morgan fingerprint density at radius 2 is 1.81 bits per heavy atom. The lowest BCUT2D eigenvalue weighted by Gasteiger charge is -2.26. The fraction of sp³-hybridized carbons (Fsp3) is 0.375. The Morgan fingerprint density at radius 3 is 2.25 bits per heavy atom. The van der Waals surface area contributed by atoms with Gasteiger partial charge in [0.25, 0.3) is 0 Å². The van der Waals surface area contributed by atoms with Crippen LogP contribution in [0.15, 0.2) is 18.5 Å². The molecule has 0 aromatic carbocycles. The summed E-state index contributed by atoms with van der Waals surface area (Å²) in [5, 5.41) is -0.334. The minimum atomic E-state index is -5.72. The van der Waals surface area contributed by atoms with Crippen LogP contribution in [0, 0.1) is 0 Å². The van der Waals surface area contributed by atoms with Crippen molar-refractivity contribution in [1.82, 2.24) is 4.98 Å². The third-order valence-electron chi connectivity index (χ3n) is 1.91. The number of nitrogens with two attached hydrogens (primary N) is 1. The summed E-state index contributed by atoms with van der Waals surface area (Å²) in [5.41, 5.74) is 4.38. The number of aromatic nitrogens is 1. The van der Waals surface area contributed by atoms with Crippen LogP contribution in [0.3, 0.4) is 0 Å². The molecule has 1 aromatic heterocycles. The molecule has 0 aliphatic rings. The molecule has 2 nitrogen and oxygen atoms in total. The van der Waals surface area contributed by atoms with Crippen molar-refractivity contribution in [3.8, 4) is 0 Å². The Labute approximate surface area is 92.2 Å². The summed E-state index contributed by atoms with van der Waals surface area (Å²) in [6.07, 6.45) is -3.74.